The Morgan fingerprint density at radius 3 is 1.05 bits per heavy atom. The maximum atomic E-state index is 15.5. The number of fused-ring (bicyclic) bond motifs is 6. The molecule has 0 unspecified atom stereocenters. The monoisotopic (exact) mass is 1960 g/mol. The fourth-order valence-electron chi connectivity index (χ4n) is 18.3. The number of rotatable bonds is 26. The van der Waals surface area contributed by atoms with Crippen LogP contribution in [0.4, 0.5) is 26.3 Å². The average molecular weight is 1960 g/mol. The van der Waals surface area contributed by atoms with E-state index in [4.69, 9.17) is 50.5 Å². The normalized spacial score (nSPS) is 18.4. The van der Waals surface area contributed by atoms with Gasteiger partial charge in [-0.1, -0.05) is 195 Å². The highest BCUT2D eigenvalue weighted by molar-refractivity contribution is 6.17. The Hall–Kier alpha value is -12.8. The number of carbonyl (C=O) groups is 8. The highest BCUT2D eigenvalue weighted by Gasteiger charge is 2.53. The van der Waals surface area contributed by atoms with Crippen LogP contribution < -0.4 is 31.5 Å². The second-order valence-corrected chi connectivity index (χ2v) is 36.9. The van der Waals surface area contributed by atoms with E-state index in [9.17, 15) is 71.0 Å². The fourth-order valence-corrected chi connectivity index (χ4v) is 18.4. The quantitative estimate of drug-likeness (QED) is 0.0167. The Morgan fingerprint density at radius 1 is 0.435 bits per heavy atom. The van der Waals surface area contributed by atoms with Crippen molar-refractivity contribution in [2.24, 2.45) is 35.3 Å². The molecule has 9 heterocycles. The lowest BCUT2D eigenvalue weighted by atomic mass is 9.79. The second kappa shape index (κ2) is 47.1. The topological polar surface area (TPSA) is 362 Å². The molecule has 3 saturated heterocycles. The van der Waals surface area contributed by atoms with Crippen molar-refractivity contribution in [1.29, 1.82) is 0 Å². The van der Waals surface area contributed by atoms with Gasteiger partial charge in [-0.2, -0.15) is 15.3 Å². The Morgan fingerprint density at radius 2 is 0.739 bits per heavy atom. The molecule has 9 aromatic rings. The molecule has 3 N–H and O–H groups in total. The van der Waals surface area contributed by atoms with Gasteiger partial charge in [0.25, 0.3) is 17.7 Å². The molecule has 37 heteroatoms. The van der Waals surface area contributed by atoms with Crippen molar-refractivity contribution in [2.45, 2.75) is 221 Å². The zero-order chi connectivity index (χ0) is 97.9. The van der Waals surface area contributed by atoms with Crippen LogP contribution in [-0.4, -0.2) is 171 Å². The van der Waals surface area contributed by atoms with Crippen LogP contribution in [-0.2, 0) is 47.7 Å². The number of hydrogen-bond donors (Lipinski definition) is 2. The molecule has 15 rings (SSSR count). The molecule has 138 heavy (non-hydrogen) atoms. The van der Waals surface area contributed by atoms with Crippen LogP contribution in [0, 0.1) is 64.5 Å². The molecule has 3 fully saturated rings. The van der Waals surface area contributed by atoms with E-state index in [0.717, 1.165) is 43.2 Å². The Labute approximate surface area is 807 Å². The van der Waals surface area contributed by atoms with Crippen LogP contribution >= 0.6 is 24.0 Å². The summed E-state index contributed by atoms with van der Waals surface area (Å²) in [4.78, 5) is 145. The number of nitrogens with two attached hydrogens (primary N) is 1. The molecule has 6 aliphatic heterocycles. The van der Waals surface area contributed by atoms with E-state index in [-0.39, 0.29) is 115 Å². The van der Waals surface area contributed by atoms with Crippen molar-refractivity contribution < 1.29 is 103 Å². The lowest BCUT2D eigenvalue weighted by Gasteiger charge is -2.42. The van der Waals surface area contributed by atoms with E-state index in [1.54, 1.807) is 132 Å². The summed E-state index contributed by atoms with van der Waals surface area (Å²) in [6, 6.07) is 34.7. The number of aromatic nitrogens is 6. The first kappa shape index (κ1) is 109. The summed E-state index contributed by atoms with van der Waals surface area (Å²) < 4.78 is 130. The maximum Gasteiger partial charge on any atom is 0.326 e. The van der Waals surface area contributed by atoms with E-state index in [0.29, 0.717) is 68.4 Å². The van der Waals surface area contributed by atoms with E-state index in [2.05, 4.69) is 15.3 Å². The minimum atomic E-state index is -1.01. The molecule has 742 valence electrons. The highest BCUT2D eigenvalue weighted by Crippen LogP contribution is 2.51. The van der Waals surface area contributed by atoms with Crippen LogP contribution in [0.25, 0.3) is 0 Å². The van der Waals surface area contributed by atoms with Crippen LogP contribution in [0.1, 0.15) is 250 Å². The van der Waals surface area contributed by atoms with Crippen molar-refractivity contribution in [2.75, 3.05) is 39.3 Å². The highest BCUT2D eigenvalue weighted by atomic mass is 35.5. The van der Waals surface area contributed by atoms with Gasteiger partial charge in [-0.15, -0.1) is 12.4 Å². The van der Waals surface area contributed by atoms with Gasteiger partial charge in [-0.3, -0.25) is 66.8 Å². The molecule has 0 spiro atoms. The van der Waals surface area contributed by atoms with Crippen molar-refractivity contribution in [1.82, 2.24) is 44.0 Å². The molecule has 0 aliphatic carbocycles. The van der Waals surface area contributed by atoms with Gasteiger partial charge in [0.05, 0.1) is 79.5 Å². The van der Waals surface area contributed by atoms with E-state index >= 15 is 13.2 Å². The lowest BCUT2D eigenvalue weighted by Crippen LogP contribution is -2.51. The van der Waals surface area contributed by atoms with Gasteiger partial charge >= 0.3 is 29.8 Å². The summed E-state index contributed by atoms with van der Waals surface area (Å²) in [5.41, 5.74) is 4.21. The first-order valence-corrected chi connectivity index (χ1v) is 45.1. The van der Waals surface area contributed by atoms with Gasteiger partial charge in [-0.25, -0.2) is 26.3 Å². The maximum absolute atomic E-state index is 15.5. The smallest absolute Gasteiger partial charge is 0.326 e. The standard InChI is InChI=1S/C35H39F2N3O7.C29H30F2N4O5.C23H19F2N3O3.C12H21ClO4.2CH4.ClH/c1-20(2)23(17-27(42)47-35(3,4)5)34(44)46-19-45-32-26(41)18-38-40-30(25-15-10-16-39(25)33(43)31(32)40)28(21-11-7-6-8-12-21)22-13-9-14-24(36)29(22)37;1-16(2)24(32)29(38)40-15-39-27-21(36)14-33-35-25(20-12-7-13-34(20)28(37)26(27)35)22(17-8-4-3-5-9-17)18-10-6-11-19(30)23(18)31;24-15-9-4-8-14(19(15)25)18(13-6-2-1-3-7-13)20-16-10-5-11-27(16)23(31)21-22(30)17(29)12-26-28(20)21;1-8(2)9(11(15)16-7-13)6-10(14)17-12(3,4)5;;;/h6-9,11-14,18,20,23,25,28,30H,10,15-17,19H2,1-5H3;3-6,8-11,14,16,20,22,24-25H,7,12-13,15,32H2,1-2H3;1-4,6-9,12,16,18,20,30H,5,10-11H2;8-9H,6-7H2,1-5H3;2*1H4;1H/t23-,25+,28+,30+;20-,22-,24+,25-;16-,18-,20-;9-;;;/m0110.../s1. The SMILES string of the molecule is C.C.CC(C)[C@H](CC(=O)OC(C)(C)C)C(=O)OCCl.CC(C)[C@H](CC(=O)OC(C)(C)C)C(=O)OCOc1c2n(ncc1=O)[C@@H]([C@H](c1ccccc1)c1cccc(F)c1F)[C@H]1CCCN1C2=O.CC(C)[C@H](N)C(=O)OCOc1c2n(ncc1=O)[C@@H]([C@H](c1ccccc1)c1cccc(F)c1F)[C@H]1CCCN1C2=O.Cl.O=C1c2c(O)c(=O)cnn2[C@@H]([C@H](c2ccccc2)c2cccc(F)c2F)[C@H]2CCCN12. The predicted molar refractivity (Wildman–Crippen MR) is 501 cm³/mol. The third kappa shape index (κ3) is 24.3. The summed E-state index contributed by atoms with van der Waals surface area (Å²) in [6.07, 6.45) is 6.64. The second-order valence-electron chi connectivity index (χ2n) is 36.7. The summed E-state index contributed by atoms with van der Waals surface area (Å²) >= 11 is 5.33. The third-order valence-corrected chi connectivity index (χ3v) is 24.6. The molecule has 29 nitrogen and oxygen atoms in total. The summed E-state index contributed by atoms with van der Waals surface area (Å²) in [6.45, 7) is 21.2. The Kier molecular flexibility index (Phi) is 37.1. The molecule has 3 amide bonds. The first-order chi connectivity index (χ1) is 64.1. The molecule has 6 aliphatic rings. The van der Waals surface area contributed by atoms with Gasteiger partial charge in [0.1, 0.15) is 17.2 Å². The van der Waals surface area contributed by atoms with Crippen LogP contribution in [0.5, 0.6) is 17.2 Å². The van der Waals surface area contributed by atoms with Crippen LogP contribution in [0.3, 0.4) is 0 Å². The Balaban J connectivity index is 0.000000214. The number of carbonyl (C=O) groups excluding carboxylic acids is 8. The van der Waals surface area contributed by atoms with E-state index in [1.165, 1.54) is 50.4 Å². The number of amides is 3. The number of aromatic hydroxyl groups is 1. The molecule has 6 aromatic carbocycles. The Bertz CT molecular complexity index is 6030. The lowest BCUT2D eigenvalue weighted by molar-refractivity contribution is -0.166. The zero-order valence-corrected chi connectivity index (χ0v) is 78.7. The molecular formula is C101H118Cl2F6N10O19. The number of nitrogens with zero attached hydrogens (tertiary/aromatic N) is 9. The third-order valence-electron chi connectivity index (χ3n) is 24.5. The summed E-state index contributed by atoms with van der Waals surface area (Å²) in [5.74, 6) is -15.8. The molecule has 0 saturated carbocycles. The first-order valence-electron chi connectivity index (χ1n) is 44.6. The van der Waals surface area contributed by atoms with E-state index < -0.39 is 195 Å². The van der Waals surface area contributed by atoms with Gasteiger partial charge in [-0.05, 0) is 133 Å². The summed E-state index contributed by atoms with van der Waals surface area (Å²) in [5, 5.41) is 23.3. The van der Waals surface area contributed by atoms with Gasteiger partial charge in [0.15, 0.2) is 63.8 Å². The van der Waals surface area contributed by atoms with Crippen molar-refractivity contribution in [3.63, 3.8) is 0 Å². The predicted octanol–water partition coefficient (Wildman–Crippen LogP) is 16.4. The van der Waals surface area contributed by atoms with Gasteiger partial charge < -0.3 is 58.7 Å². The van der Waals surface area contributed by atoms with Gasteiger partial charge in [0, 0.05) is 54.1 Å². The van der Waals surface area contributed by atoms with Crippen molar-refractivity contribution in [3.05, 3.63) is 280 Å². The molecule has 0 radical (unpaired) electrons. The fraction of sp³-hybridized carbons (Fsp3) is 0.446. The number of benzene rings is 6. The van der Waals surface area contributed by atoms with Gasteiger partial charge in [0.2, 0.25) is 41.4 Å². The largest absolute Gasteiger partial charge is 0.502 e. The zero-order valence-electron chi connectivity index (χ0n) is 77.1. The minimum Gasteiger partial charge on any atom is -0.502 e. The number of alkyl halides is 1. The number of esters is 5. The minimum absolute atomic E-state index is 0. The number of ether oxygens (including phenoxy) is 7. The molecule has 3 aromatic heterocycles. The molecule has 0 bridgehead atoms. The summed E-state index contributed by atoms with van der Waals surface area (Å²) in [7, 11) is 0. The molecular weight excluding hydrogens is 1840 g/mol. The average Bonchev–Trinajstić information content (AvgIpc) is 1.44. The molecule has 12 atom stereocenters. The number of hydrogen-bond acceptors (Lipinski definition) is 23. The van der Waals surface area contributed by atoms with E-state index in [1.807, 2.05) is 56.3 Å². The van der Waals surface area contributed by atoms with Crippen LogP contribution in [0.15, 0.2) is 179 Å². The number of halogens is 8. The van der Waals surface area contributed by atoms with Crippen molar-refractivity contribution in [3.8, 4) is 17.2 Å². The van der Waals surface area contributed by atoms with Crippen LogP contribution in [0.2, 0.25) is 0 Å². The van der Waals surface area contributed by atoms with Crippen molar-refractivity contribution >= 4 is 71.6 Å².